The second-order valence-corrected chi connectivity index (χ2v) is 9.92. The molecule has 8 nitrogen and oxygen atoms in total. The van der Waals surface area contributed by atoms with Crippen LogP contribution in [0.1, 0.15) is 35.3 Å². The number of hydrogen-bond donors (Lipinski definition) is 0. The summed E-state index contributed by atoms with van der Waals surface area (Å²) in [7, 11) is 3.38. The minimum absolute atomic E-state index is 0.100. The van der Waals surface area contributed by atoms with Gasteiger partial charge < -0.3 is 19.5 Å². The molecule has 2 saturated heterocycles. The van der Waals surface area contributed by atoms with Gasteiger partial charge in [0.1, 0.15) is 17.6 Å². The number of halogens is 2. The zero-order chi connectivity index (χ0) is 27.5. The lowest BCUT2D eigenvalue weighted by atomic mass is 9.99. The first-order valence-electron chi connectivity index (χ1n) is 13.0. The molecule has 3 heterocycles. The molecule has 2 aliphatic rings. The van der Waals surface area contributed by atoms with Crippen LogP contribution in [-0.4, -0.2) is 73.2 Å². The fourth-order valence-corrected chi connectivity index (χ4v) is 5.35. The van der Waals surface area contributed by atoms with Gasteiger partial charge in [0, 0.05) is 63.7 Å². The lowest BCUT2D eigenvalue weighted by molar-refractivity contribution is 0.0698. The van der Waals surface area contributed by atoms with Crippen LogP contribution >= 0.6 is 0 Å². The molecule has 39 heavy (non-hydrogen) atoms. The standard InChI is InChI=1S/C29H30F2N6O2/c1-33-16-19-4-3-10-36(17-19)29(38)26-14-28(20-5-6-21(15-32)24(30)12-20)37(34-26)27-8-7-22(13-25(27)31)35-11-9-23(18-35)39-2/h5-8,12-14,16,19,23H,3-4,9-11,17-18H2,1-2H3/b33-16-. The molecule has 0 aliphatic carbocycles. The van der Waals surface area contributed by atoms with Gasteiger partial charge in [-0.1, -0.05) is 6.07 Å². The van der Waals surface area contributed by atoms with Crippen molar-refractivity contribution in [2.45, 2.75) is 25.4 Å². The summed E-state index contributed by atoms with van der Waals surface area (Å²) in [6.45, 7) is 2.53. The number of nitrogens with zero attached hydrogens (tertiary/aromatic N) is 6. The Bertz CT molecular complexity index is 1450. The van der Waals surface area contributed by atoms with Crippen molar-refractivity contribution in [3.63, 3.8) is 0 Å². The molecule has 2 fully saturated rings. The molecule has 10 heteroatoms. The van der Waals surface area contributed by atoms with Gasteiger partial charge in [0.25, 0.3) is 5.91 Å². The molecule has 2 unspecified atom stereocenters. The van der Waals surface area contributed by atoms with E-state index in [1.807, 2.05) is 18.4 Å². The van der Waals surface area contributed by atoms with E-state index >= 15 is 4.39 Å². The first-order valence-corrected chi connectivity index (χ1v) is 13.0. The number of aromatic nitrogens is 2. The van der Waals surface area contributed by atoms with Gasteiger partial charge in [-0.25, -0.2) is 13.5 Å². The Balaban J connectivity index is 1.53. The van der Waals surface area contributed by atoms with E-state index in [-0.39, 0.29) is 34.9 Å². The third kappa shape index (κ3) is 5.40. The molecule has 1 aromatic heterocycles. The highest BCUT2D eigenvalue weighted by Gasteiger charge is 2.28. The Hall–Kier alpha value is -4.10. The molecule has 0 N–H and O–H groups in total. The lowest BCUT2D eigenvalue weighted by Gasteiger charge is -2.30. The van der Waals surface area contributed by atoms with Gasteiger partial charge >= 0.3 is 0 Å². The summed E-state index contributed by atoms with van der Waals surface area (Å²) >= 11 is 0. The molecule has 0 radical (unpaired) electrons. The molecule has 0 spiro atoms. The van der Waals surface area contributed by atoms with Crippen LogP contribution in [0.4, 0.5) is 14.5 Å². The van der Waals surface area contributed by atoms with Gasteiger partial charge in [-0.2, -0.15) is 10.4 Å². The molecule has 3 aromatic rings. The molecule has 0 bridgehead atoms. The second kappa shape index (κ2) is 11.3. The van der Waals surface area contributed by atoms with Gasteiger partial charge in [-0.05, 0) is 55.7 Å². The second-order valence-electron chi connectivity index (χ2n) is 9.92. The van der Waals surface area contributed by atoms with E-state index in [9.17, 15) is 9.18 Å². The molecular weight excluding hydrogens is 502 g/mol. The van der Waals surface area contributed by atoms with Crippen molar-refractivity contribution < 1.29 is 18.3 Å². The topological polar surface area (TPSA) is 86.8 Å². The van der Waals surface area contributed by atoms with Crippen LogP contribution in [0, 0.1) is 28.9 Å². The maximum absolute atomic E-state index is 15.6. The predicted octanol–water partition coefficient (Wildman–Crippen LogP) is 4.47. The average Bonchev–Trinajstić information content (AvgIpc) is 3.61. The van der Waals surface area contributed by atoms with Crippen LogP contribution in [0.3, 0.4) is 0 Å². The van der Waals surface area contributed by atoms with E-state index in [1.165, 1.54) is 22.9 Å². The number of anilines is 1. The summed E-state index contributed by atoms with van der Waals surface area (Å²) in [4.78, 5) is 21.4. The first kappa shape index (κ1) is 26.5. The number of hydrogen-bond acceptors (Lipinski definition) is 6. The Morgan fingerprint density at radius 1 is 1.13 bits per heavy atom. The van der Waals surface area contributed by atoms with Crippen molar-refractivity contribution in [1.82, 2.24) is 14.7 Å². The Labute approximate surface area is 226 Å². The number of carbonyl (C=O) groups excluding carboxylic acids is 1. The van der Waals surface area contributed by atoms with Crippen LogP contribution in [0.25, 0.3) is 16.9 Å². The normalized spacial score (nSPS) is 19.6. The van der Waals surface area contributed by atoms with Gasteiger partial charge in [-0.3, -0.25) is 4.79 Å². The summed E-state index contributed by atoms with van der Waals surface area (Å²) in [5.74, 6) is -1.35. The molecular formula is C29H30F2N6O2. The molecule has 2 atom stereocenters. The zero-order valence-corrected chi connectivity index (χ0v) is 22.0. The van der Waals surface area contributed by atoms with Crippen molar-refractivity contribution in [2.75, 3.05) is 45.2 Å². The summed E-state index contributed by atoms with van der Waals surface area (Å²) < 4.78 is 37.0. The fourth-order valence-electron chi connectivity index (χ4n) is 5.35. The number of ether oxygens (including phenoxy) is 1. The SMILES string of the molecule is C/N=C\C1CCCN(C(=O)c2cc(-c3ccc(C#N)c(F)c3)n(-c3ccc(N4CCC(OC)C4)cc3F)n2)C1. The van der Waals surface area contributed by atoms with Crippen molar-refractivity contribution in [2.24, 2.45) is 10.9 Å². The Morgan fingerprint density at radius 2 is 1.97 bits per heavy atom. The first-order chi connectivity index (χ1) is 18.9. The van der Waals surface area contributed by atoms with E-state index in [2.05, 4.69) is 15.0 Å². The third-order valence-electron chi connectivity index (χ3n) is 7.42. The fraction of sp³-hybridized carbons (Fsp3) is 0.379. The molecule has 202 valence electrons. The van der Waals surface area contributed by atoms with E-state index < -0.39 is 11.6 Å². The smallest absolute Gasteiger partial charge is 0.274 e. The average molecular weight is 533 g/mol. The highest BCUT2D eigenvalue weighted by atomic mass is 19.1. The van der Waals surface area contributed by atoms with Crippen molar-refractivity contribution in [3.05, 3.63) is 65.4 Å². The summed E-state index contributed by atoms with van der Waals surface area (Å²) in [6, 6.07) is 12.4. The quantitative estimate of drug-likeness (QED) is 0.438. The number of methoxy groups -OCH3 is 1. The Kier molecular flexibility index (Phi) is 7.70. The van der Waals surface area contributed by atoms with Crippen LogP contribution in [0.15, 0.2) is 47.5 Å². The number of amides is 1. The van der Waals surface area contributed by atoms with E-state index in [4.69, 9.17) is 10.00 Å². The number of likely N-dealkylation sites (tertiary alicyclic amines) is 1. The zero-order valence-electron chi connectivity index (χ0n) is 22.0. The molecule has 5 rings (SSSR count). The molecule has 0 saturated carbocycles. The van der Waals surface area contributed by atoms with Crippen LogP contribution in [-0.2, 0) is 4.74 Å². The number of rotatable bonds is 6. The summed E-state index contributed by atoms with van der Waals surface area (Å²) in [6.07, 6.45) is 4.61. The number of carbonyl (C=O) groups is 1. The summed E-state index contributed by atoms with van der Waals surface area (Å²) in [5, 5.41) is 13.7. The van der Waals surface area contributed by atoms with Gasteiger partial charge in [0.2, 0.25) is 0 Å². The monoisotopic (exact) mass is 532 g/mol. The molecule has 2 aromatic carbocycles. The highest BCUT2D eigenvalue weighted by molar-refractivity contribution is 5.94. The number of piperidine rings is 1. The number of benzene rings is 2. The number of nitriles is 1. The van der Waals surface area contributed by atoms with Crippen LogP contribution in [0.2, 0.25) is 0 Å². The van der Waals surface area contributed by atoms with E-state index in [0.717, 1.165) is 31.5 Å². The maximum atomic E-state index is 15.6. The summed E-state index contributed by atoms with van der Waals surface area (Å²) in [5.41, 5.74) is 1.61. The highest BCUT2D eigenvalue weighted by Crippen LogP contribution is 2.31. The molecule has 2 aliphatic heterocycles. The third-order valence-corrected chi connectivity index (χ3v) is 7.42. The van der Waals surface area contributed by atoms with Gasteiger partial charge in [0.15, 0.2) is 11.5 Å². The number of aliphatic imine (C=N–C) groups is 1. The van der Waals surface area contributed by atoms with Crippen molar-refractivity contribution in [3.8, 4) is 23.0 Å². The van der Waals surface area contributed by atoms with E-state index in [1.54, 1.807) is 37.3 Å². The van der Waals surface area contributed by atoms with Crippen molar-refractivity contribution >= 4 is 17.8 Å². The largest absolute Gasteiger partial charge is 0.380 e. The van der Waals surface area contributed by atoms with E-state index in [0.29, 0.717) is 30.9 Å². The van der Waals surface area contributed by atoms with Gasteiger partial charge in [0.05, 0.1) is 17.4 Å². The Morgan fingerprint density at radius 3 is 2.67 bits per heavy atom. The van der Waals surface area contributed by atoms with Crippen LogP contribution < -0.4 is 4.90 Å². The van der Waals surface area contributed by atoms with Crippen molar-refractivity contribution in [1.29, 1.82) is 5.26 Å². The maximum Gasteiger partial charge on any atom is 0.274 e. The van der Waals surface area contributed by atoms with Crippen LogP contribution in [0.5, 0.6) is 0 Å². The minimum Gasteiger partial charge on any atom is -0.380 e. The molecule has 1 amide bonds. The minimum atomic E-state index is -0.703. The predicted molar refractivity (Wildman–Crippen MR) is 144 cm³/mol. The van der Waals surface area contributed by atoms with Gasteiger partial charge in [-0.15, -0.1) is 0 Å². The lowest BCUT2D eigenvalue weighted by Crippen LogP contribution is -2.40.